The lowest BCUT2D eigenvalue weighted by Gasteiger charge is -2.25. The fourth-order valence-corrected chi connectivity index (χ4v) is 1.13. The van der Waals surface area contributed by atoms with E-state index in [1.165, 1.54) is 0 Å². The topological polar surface area (TPSA) is 32.3 Å². The van der Waals surface area contributed by atoms with Crippen molar-refractivity contribution < 1.29 is 5.11 Å². The first-order valence-electron chi connectivity index (χ1n) is 4.50. The van der Waals surface area contributed by atoms with Crippen molar-refractivity contribution in [2.24, 2.45) is 0 Å². The van der Waals surface area contributed by atoms with Crippen LogP contribution in [0.4, 0.5) is 0 Å². The second kappa shape index (κ2) is 3.90. The lowest BCUT2D eigenvalue weighted by molar-refractivity contribution is 0.107. The number of benzene rings is 1. The highest BCUT2D eigenvalue weighted by atomic mass is 16.3. The molecule has 0 aliphatic heterocycles. The van der Waals surface area contributed by atoms with Crippen LogP contribution in [0.1, 0.15) is 32.6 Å². The molecular weight excluding hydrogens is 162 g/mol. The van der Waals surface area contributed by atoms with E-state index in [4.69, 9.17) is 0 Å². The first kappa shape index (κ1) is 10.2. The van der Waals surface area contributed by atoms with Gasteiger partial charge in [-0.25, -0.2) is 0 Å². The van der Waals surface area contributed by atoms with Crippen LogP contribution in [-0.2, 0) is 0 Å². The minimum atomic E-state index is -0.582. The third-order valence-electron chi connectivity index (χ3n) is 1.69. The summed E-state index contributed by atoms with van der Waals surface area (Å²) in [6.45, 7) is 6.08. The Kier molecular flexibility index (Phi) is 3.07. The van der Waals surface area contributed by atoms with Crippen LogP contribution in [0.25, 0.3) is 0 Å². The largest absolute Gasteiger partial charge is 0.374 e. The Bertz CT molecular complexity index is 251. The maximum absolute atomic E-state index is 9.75. The Labute approximate surface area is 79.6 Å². The van der Waals surface area contributed by atoms with Gasteiger partial charge in [0.15, 0.2) is 0 Å². The molecule has 1 aromatic rings. The zero-order valence-corrected chi connectivity index (χ0v) is 8.41. The highest BCUT2D eigenvalue weighted by molar-refractivity contribution is 5.16. The zero-order valence-electron chi connectivity index (χ0n) is 8.41. The molecule has 1 rings (SSSR count). The van der Waals surface area contributed by atoms with Crippen LogP contribution in [0, 0.1) is 0 Å². The predicted molar refractivity (Wildman–Crippen MR) is 54.3 cm³/mol. The first-order valence-corrected chi connectivity index (χ1v) is 4.50. The van der Waals surface area contributed by atoms with Crippen molar-refractivity contribution in [3.05, 3.63) is 35.9 Å². The van der Waals surface area contributed by atoms with E-state index in [1.807, 2.05) is 51.1 Å². The molecule has 0 aliphatic rings. The summed E-state index contributed by atoms with van der Waals surface area (Å²) in [4.78, 5) is 0. The molecule has 0 aliphatic carbocycles. The molecule has 0 spiro atoms. The summed E-state index contributed by atoms with van der Waals surface area (Å²) in [5.74, 6) is 0. The maximum atomic E-state index is 9.75. The molecule has 2 nitrogen and oxygen atoms in total. The van der Waals surface area contributed by atoms with E-state index in [-0.39, 0.29) is 5.54 Å². The molecule has 1 aromatic carbocycles. The second-order valence-corrected chi connectivity index (χ2v) is 4.21. The van der Waals surface area contributed by atoms with E-state index in [1.54, 1.807) is 0 Å². The molecule has 0 heterocycles. The quantitative estimate of drug-likeness (QED) is 0.681. The fourth-order valence-electron chi connectivity index (χ4n) is 1.13. The first-order chi connectivity index (χ1) is 5.99. The number of nitrogens with one attached hydrogen (secondary N) is 1. The normalized spacial score (nSPS) is 14.2. The third-order valence-corrected chi connectivity index (χ3v) is 1.69. The summed E-state index contributed by atoms with van der Waals surface area (Å²) in [5.41, 5.74) is 0.826. The fraction of sp³-hybridized carbons (Fsp3) is 0.455. The van der Waals surface area contributed by atoms with Crippen LogP contribution in [0.15, 0.2) is 30.3 Å². The van der Waals surface area contributed by atoms with Gasteiger partial charge in [-0.2, -0.15) is 0 Å². The third kappa shape index (κ3) is 3.57. The van der Waals surface area contributed by atoms with Crippen molar-refractivity contribution >= 4 is 0 Å². The summed E-state index contributed by atoms with van der Waals surface area (Å²) < 4.78 is 0. The van der Waals surface area contributed by atoms with E-state index >= 15 is 0 Å². The average Bonchev–Trinajstić information content (AvgIpc) is 2.03. The van der Waals surface area contributed by atoms with Crippen molar-refractivity contribution in [3.63, 3.8) is 0 Å². The lowest BCUT2D eigenvalue weighted by Crippen LogP contribution is -2.38. The van der Waals surface area contributed by atoms with Gasteiger partial charge in [0.2, 0.25) is 0 Å². The van der Waals surface area contributed by atoms with Gasteiger partial charge in [-0.05, 0) is 26.3 Å². The van der Waals surface area contributed by atoms with Crippen LogP contribution in [-0.4, -0.2) is 10.6 Å². The molecule has 2 heteroatoms. The van der Waals surface area contributed by atoms with Crippen LogP contribution < -0.4 is 5.32 Å². The van der Waals surface area contributed by atoms with Crippen molar-refractivity contribution in [1.29, 1.82) is 0 Å². The Morgan fingerprint density at radius 1 is 1.15 bits per heavy atom. The summed E-state index contributed by atoms with van der Waals surface area (Å²) in [5, 5.41) is 12.8. The minimum absolute atomic E-state index is 0.0741. The van der Waals surface area contributed by atoms with Crippen molar-refractivity contribution in [1.82, 2.24) is 5.32 Å². The summed E-state index contributed by atoms with van der Waals surface area (Å²) in [6, 6.07) is 9.59. The molecule has 0 saturated carbocycles. The van der Waals surface area contributed by atoms with Crippen molar-refractivity contribution in [3.8, 4) is 0 Å². The summed E-state index contributed by atoms with van der Waals surface area (Å²) in [6.07, 6.45) is -0.582. The highest BCUT2D eigenvalue weighted by Gasteiger charge is 2.15. The standard InChI is InChI=1S/C11H17NO/c1-11(2,3)12-10(13)9-7-5-4-6-8-9/h4-8,10,12-13H,1-3H3. The van der Waals surface area contributed by atoms with E-state index in [2.05, 4.69) is 5.32 Å². The molecule has 0 radical (unpaired) electrons. The van der Waals surface area contributed by atoms with Crippen LogP contribution in [0.2, 0.25) is 0 Å². The van der Waals surface area contributed by atoms with Gasteiger partial charge in [0.1, 0.15) is 6.23 Å². The van der Waals surface area contributed by atoms with Crippen LogP contribution in [0.3, 0.4) is 0 Å². The maximum Gasteiger partial charge on any atom is 0.131 e. The van der Waals surface area contributed by atoms with Gasteiger partial charge < -0.3 is 5.11 Å². The number of hydrogen-bond donors (Lipinski definition) is 2. The second-order valence-electron chi connectivity index (χ2n) is 4.21. The smallest absolute Gasteiger partial charge is 0.131 e. The van der Waals surface area contributed by atoms with Gasteiger partial charge >= 0.3 is 0 Å². The number of rotatable bonds is 2. The minimum Gasteiger partial charge on any atom is -0.374 e. The Hall–Kier alpha value is -0.860. The molecule has 0 fully saturated rings. The molecular formula is C11H17NO. The molecule has 72 valence electrons. The average molecular weight is 179 g/mol. The molecule has 2 N–H and O–H groups in total. The van der Waals surface area contributed by atoms with Crippen molar-refractivity contribution in [2.45, 2.75) is 32.5 Å². The molecule has 0 bridgehead atoms. The van der Waals surface area contributed by atoms with Gasteiger partial charge in [0.05, 0.1) is 0 Å². The predicted octanol–water partition coefficient (Wildman–Crippen LogP) is 2.07. The SMILES string of the molecule is CC(C)(C)NC(O)c1ccccc1. The van der Waals surface area contributed by atoms with E-state index in [0.717, 1.165) is 5.56 Å². The van der Waals surface area contributed by atoms with E-state index in [0.29, 0.717) is 0 Å². The monoisotopic (exact) mass is 179 g/mol. The lowest BCUT2D eigenvalue weighted by atomic mass is 10.1. The van der Waals surface area contributed by atoms with Gasteiger partial charge in [0.25, 0.3) is 0 Å². The Morgan fingerprint density at radius 3 is 2.15 bits per heavy atom. The van der Waals surface area contributed by atoms with E-state index < -0.39 is 6.23 Å². The number of hydrogen-bond acceptors (Lipinski definition) is 2. The molecule has 0 saturated heterocycles. The molecule has 1 atom stereocenters. The van der Waals surface area contributed by atoms with Gasteiger partial charge in [-0.3, -0.25) is 5.32 Å². The van der Waals surface area contributed by atoms with Gasteiger partial charge in [-0.15, -0.1) is 0 Å². The number of aliphatic hydroxyl groups excluding tert-OH is 1. The van der Waals surface area contributed by atoms with Crippen LogP contribution in [0.5, 0.6) is 0 Å². The Morgan fingerprint density at radius 2 is 1.69 bits per heavy atom. The molecule has 0 aromatic heterocycles. The summed E-state index contributed by atoms with van der Waals surface area (Å²) in [7, 11) is 0. The van der Waals surface area contributed by atoms with Crippen LogP contribution >= 0.6 is 0 Å². The molecule has 1 unspecified atom stereocenters. The van der Waals surface area contributed by atoms with E-state index in [9.17, 15) is 5.11 Å². The zero-order chi connectivity index (χ0) is 9.90. The van der Waals surface area contributed by atoms with Crippen molar-refractivity contribution in [2.75, 3.05) is 0 Å². The Balaban J connectivity index is 2.64. The highest BCUT2D eigenvalue weighted by Crippen LogP contribution is 2.12. The molecule has 13 heavy (non-hydrogen) atoms. The number of aliphatic hydroxyl groups is 1. The van der Waals surface area contributed by atoms with Gasteiger partial charge in [0, 0.05) is 5.54 Å². The van der Waals surface area contributed by atoms with Gasteiger partial charge in [-0.1, -0.05) is 30.3 Å². The summed E-state index contributed by atoms with van der Waals surface area (Å²) >= 11 is 0. The molecule has 0 amide bonds.